The number of β-lactam (4-membered cyclic amide) rings is 1. The molecule has 0 aliphatic carbocycles. The zero-order chi connectivity index (χ0) is 27.9. The van der Waals surface area contributed by atoms with E-state index in [9.17, 15) is 24.3 Å². The number of piperazine rings is 1. The Kier molecular flexibility index (Phi) is 9.26. The summed E-state index contributed by atoms with van der Waals surface area (Å²) >= 11 is 0. The number of carbonyl (C=O) groups is 4. The van der Waals surface area contributed by atoms with Crippen molar-refractivity contribution in [3.8, 4) is 0 Å². The number of urea groups is 2. The number of carboxylic acid groups (broad SMARTS) is 1. The van der Waals surface area contributed by atoms with Crippen LogP contribution in [0.25, 0.3) is 0 Å². The molecule has 0 bridgehead atoms. The Bertz CT molecular complexity index is 1060. The van der Waals surface area contributed by atoms with Crippen molar-refractivity contribution in [3.05, 3.63) is 35.9 Å². The van der Waals surface area contributed by atoms with Crippen LogP contribution in [0.15, 0.2) is 30.3 Å². The summed E-state index contributed by atoms with van der Waals surface area (Å²) in [7, 11) is 0. The number of benzene rings is 1. The van der Waals surface area contributed by atoms with E-state index in [1.165, 1.54) is 10.5 Å². The zero-order valence-electron chi connectivity index (χ0n) is 22.3. The number of likely N-dealkylation sites (tertiary alicyclic amines) is 2. The van der Waals surface area contributed by atoms with Crippen LogP contribution >= 0.6 is 0 Å². The number of aliphatic carboxylic acids is 1. The first-order valence-electron chi connectivity index (χ1n) is 13.8. The maximum Gasteiger partial charge on any atom is 0.327 e. The van der Waals surface area contributed by atoms with Gasteiger partial charge < -0.3 is 30.9 Å². The van der Waals surface area contributed by atoms with E-state index in [0.29, 0.717) is 39.1 Å². The van der Waals surface area contributed by atoms with Gasteiger partial charge in [0.15, 0.2) is 12.0 Å². The summed E-state index contributed by atoms with van der Waals surface area (Å²) in [4.78, 5) is 56.3. The maximum absolute atomic E-state index is 13.1. The van der Waals surface area contributed by atoms with Gasteiger partial charge in [-0.1, -0.05) is 30.3 Å². The van der Waals surface area contributed by atoms with Gasteiger partial charge >= 0.3 is 18.0 Å². The summed E-state index contributed by atoms with van der Waals surface area (Å²) in [6.07, 6.45) is 4.78. The molecule has 3 aliphatic heterocycles. The Hall–Kier alpha value is -3.83. The van der Waals surface area contributed by atoms with Crippen molar-refractivity contribution < 1.29 is 24.3 Å². The third-order valence-corrected chi connectivity index (χ3v) is 7.97. The fourth-order valence-corrected chi connectivity index (χ4v) is 5.77. The lowest BCUT2D eigenvalue weighted by atomic mass is 9.78. The molecule has 0 radical (unpaired) electrons. The normalized spacial score (nSPS) is 23.3. The highest BCUT2D eigenvalue weighted by Gasteiger charge is 2.56. The topological polar surface area (TPSA) is 163 Å². The summed E-state index contributed by atoms with van der Waals surface area (Å²) < 4.78 is 0. The molecule has 0 saturated carbocycles. The highest BCUT2D eigenvalue weighted by Crippen LogP contribution is 2.36. The zero-order valence-corrected chi connectivity index (χ0v) is 22.3. The fourth-order valence-electron chi connectivity index (χ4n) is 5.77. The second-order valence-corrected chi connectivity index (χ2v) is 10.6. The summed E-state index contributed by atoms with van der Waals surface area (Å²) in [5.41, 5.74) is 6.87. The number of carbonyl (C=O) groups excluding carboxylic acids is 3. The first-order chi connectivity index (χ1) is 18.8. The molecule has 0 aromatic heterocycles. The summed E-state index contributed by atoms with van der Waals surface area (Å²) in [5.74, 6) is -2.42. The number of nitrogens with zero attached hydrogens (tertiary/aromatic N) is 4. The lowest BCUT2D eigenvalue weighted by molar-refractivity contribution is -0.167. The minimum Gasteiger partial charge on any atom is -0.480 e. The molecule has 3 aliphatic rings. The van der Waals surface area contributed by atoms with Gasteiger partial charge in [0.25, 0.3) is 0 Å². The van der Waals surface area contributed by atoms with Crippen molar-refractivity contribution in [1.29, 1.82) is 5.41 Å². The van der Waals surface area contributed by atoms with Crippen LogP contribution in [0.4, 0.5) is 9.59 Å². The Morgan fingerprint density at radius 3 is 2.36 bits per heavy atom. The average molecular weight is 542 g/mol. The highest BCUT2D eigenvalue weighted by molar-refractivity contribution is 6.07. The van der Waals surface area contributed by atoms with Crippen molar-refractivity contribution in [2.75, 3.05) is 45.8 Å². The quantitative estimate of drug-likeness (QED) is 0.167. The molecular weight excluding hydrogens is 502 g/mol. The minimum absolute atomic E-state index is 0.0258. The second-order valence-electron chi connectivity index (χ2n) is 10.6. The molecule has 12 nitrogen and oxygen atoms in total. The predicted molar refractivity (Wildman–Crippen MR) is 144 cm³/mol. The van der Waals surface area contributed by atoms with Crippen LogP contribution in [0.3, 0.4) is 0 Å². The van der Waals surface area contributed by atoms with E-state index in [1.54, 1.807) is 9.80 Å². The smallest absolute Gasteiger partial charge is 0.327 e. The number of amides is 5. The van der Waals surface area contributed by atoms with Crippen LogP contribution in [-0.2, 0) is 16.0 Å². The van der Waals surface area contributed by atoms with Crippen molar-refractivity contribution >= 4 is 29.9 Å². The molecule has 3 unspecified atom stereocenters. The fraction of sp³-hybridized carbons (Fsp3) is 0.593. The van der Waals surface area contributed by atoms with Crippen molar-refractivity contribution in [1.82, 2.24) is 24.9 Å². The Labute approximate surface area is 228 Å². The standard InChI is InChI=1S/C27H39N7O5/c28-25(29)33-12-6-10-20(18-33)17-21-22(24(36)37)34(23(21)35)27(39)32-15-13-31(14-16-32)26(38)30-11-5-4-9-19-7-2-1-3-8-19/h1-3,7-8,20-22H,4-6,9-18H2,(H3,28,29)(H,30,38)(H,36,37). The number of piperidine rings is 1. The van der Waals surface area contributed by atoms with Gasteiger partial charge in [-0.05, 0) is 50.0 Å². The highest BCUT2D eigenvalue weighted by atomic mass is 16.4. The first-order valence-corrected chi connectivity index (χ1v) is 13.8. The SMILES string of the molecule is N=C(N)N1CCCC(CC2C(=O)N(C(=O)N3CCN(C(=O)NCCCCc4ccccc4)CC3)C2C(=O)O)C1. The monoisotopic (exact) mass is 541 g/mol. The van der Waals surface area contributed by atoms with Gasteiger partial charge in [-0.15, -0.1) is 0 Å². The third kappa shape index (κ3) is 6.79. The van der Waals surface area contributed by atoms with Crippen molar-refractivity contribution in [2.45, 2.75) is 44.6 Å². The van der Waals surface area contributed by atoms with Gasteiger partial charge in [0.2, 0.25) is 5.91 Å². The molecule has 3 saturated heterocycles. The Morgan fingerprint density at radius 2 is 1.69 bits per heavy atom. The molecule has 212 valence electrons. The number of carboxylic acids is 1. The van der Waals surface area contributed by atoms with Crippen LogP contribution in [0.1, 0.15) is 37.7 Å². The number of nitrogens with two attached hydrogens (primary N) is 1. The first kappa shape index (κ1) is 28.2. The number of hydrogen-bond acceptors (Lipinski definition) is 5. The lowest BCUT2D eigenvalue weighted by Crippen LogP contribution is -2.70. The van der Waals surface area contributed by atoms with Crippen LogP contribution in [0.5, 0.6) is 0 Å². The predicted octanol–water partition coefficient (Wildman–Crippen LogP) is 1.36. The van der Waals surface area contributed by atoms with Crippen LogP contribution in [0, 0.1) is 17.2 Å². The van der Waals surface area contributed by atoms with E-state index in [2.05, 4.69) is 17.4 Å². The van der Waals surface area contributed by atoms with Gasteiger partial charge in [0, 0.05) is 45.8 Å². The number of unbranched alkanes of at least 4 members (excludes halogenated alkanes) is 1. The number of nitrogens with one attached hydrogen (secondary N) is 2. The molecule has 39 heavy (non-hydrogen) atoms. The van der Waals surface area contributed by atoms with Crippen LogP contribution in [0.2, 0.25) is 0 Å². The maximum atomic E-state index is 13.1. The third-order valence-electron chi connectivity index (χ3n) is 7.97. The van der Waals surface area contributed by atoms with Gasteiger partial charge in [0.1, 0.15) is 0 Å². The van der Waals surface area contributed by atoms with E-state index < -0.39 is 29.9 Å². The second kappa shape index (κ2) is 12.8. The molecule has 1 aromatic carbocycles. The number of guanidine groups is 1. The van der Waals surface area contributed by atoms with E-state index in [-0.39, 0.29) is 31.0 Å². The molecule has 1 aromatic rings. The van der Waals surface area contributed by atoms with Gasteiger partial charge in [0.05, 0.1) is 5.92 Å². The van der Waals surface area contributed by atoms with E-state index in [1.807, 2.05) is 18.2 Å². The van der Waals surface area contributed by atoms with Crippen LogP contribution in [-0.4, -0.2) is 106 Å². The van der Waals surface area contributed by atoms with Gasteiger partial charge in [-0.2, -0.15) is 0 Å². The molecule has 12 heteroatoms. The largest absolute Gasteiger partial charge is 0.480 e. The summed E-state index contributed by atoms with van der Waals surface area (Å²) in [6, 6.07) is 8.20. The van der Waals surface area contributed by atoms with Crippen LogP contribution < -0.4 is 11.1 Å². The summed E-state index contributed by atoms with van der Waals surface area (Å²) in [6.45, 7) is 2.85. The lowest BCUT2D eigenvalue weighted by Gasteiger charge is -2.47. The molecule has 5 N–H and O–H groups in total. The molecule has 4 rings (SSSR count). The number of imide groups is 1. The minimum atomic E-state index is -1.20. The van der Waals surface area contributed by atoms with Crippen molar-refractivity contribution in [3.63, 3.8) is 0 Å². The number of hydrogen-bond donors (Lipinski definition) is 4. The number of rotatable bonds is 8. The molecule has 3 heterocycles. The van der Waals surface area contributed by atoms with Gasteiger partial charge in [-0.25, -0.2) is 19.3 Å². The van der Waals surface area contributed by atoms with E-state index in [4.69, 9.17) is 11.1 Å². The number of aryl methyl sites for hydroxylation is 1. The molecule has 0 spiro atoms. The summed E-state index contributed by atoms with van der Waals surface area (Å²) in [5, 5.41) is 20.4. The Morgan fingerprint density at radius 1 is 1.00 bits per heavy atom. The molecule has 3 fully saturated rings. The molecule has 3 atom stereocenters. The van der Waals surface area contributed by atoms with Crippen molar-refractivity contribution in [2.24, 2.45) is 17.6 Å². The average Bonchev–Trinajstić information content (AvgIpc) is 2.94. The van der Waals surface area contributed by atoms with Gasteiger partial charge in [-0.3, -0.25) is 10.2 Å². The molecular formula is C27H39N7O5. The molecule has 5 amide bonds. The van der Waals surface area contributed by atoms with E-state index >= 15 is 0 Å². The Balaban J connectivity index is 1.20. The van der Waals surface area contributed by atoms with E-state index in [0.717, 1.165) is 37.0 Å².